The van der Waals surface area contributed by atoms with E-state index in [-0.39, 0.29) is 12.6 Å². The summed E-state index contributed by atoms with van der Waals surface area (Å²) in [6, 6.07) is 8.30. The van der Waals surface area contributed by atoms with Gasteiger partial charge in [-0.3, -0.25) is 0 Å². The summed E-state index contributed by atoms with van der Waals surface area (Å²) in [4.78, 5) is 2.14. The van der Waals surface area contributed by atoms with Crippen molar-refractivity contribution >= 4 is 0 Å². The third-order valence-corrected chi connectivity index (χ3v) is 2.93. The van der Waals surface area contributed by atoms with E-state index in [0.29, 0.717) is 6.61 Å². The van der Waals surface area contributed by atoms with Gasteiger partial charge in [0.15, 0.2) is 0 Å². The number of benzene rings is 1. The largest absolute Gasteiger partial charge is 0.494 e. The SMILES string of the molecule is Cc1cccc(OCCCN(C)C(C)CO)c1. The Kier molecular flexibility index (Phi) is 6.01. The maximum absolute atomic E-state index is 9.00. The molecule has 3 nitrogen and oxygen atoms in total. The Labute approximate surface area is 104 Å². The molecule has 0 saturated carbocycles. The number of hydrogen-bond acceptors (Lipinski definition) is 3. The lowest BCUT2D eigenvalue weighted by atomic mass is 10.2. The van der Waals surface area contributed by atoms with E-state index in [4.69, 9.17) is 9.84 Å². The monoisotopic (exact) mass is 237 g/mol. The number of nitrogens with zero attached hydrogens (tertiary/aromatic N) is 1. The lowest BCUT2D eigenvalue weighted by Crippen LogP contribution is -2.33. The standard InChI is InChI=1S/C14H23NO2/c1-12-6-4-7-14(10-12)17-9-5-8-15(3)13(2)11-16/h4,6-7,10,13,16H,5,8-9,11H2,1-3H3. The lowest BCUT2D eigenvalue weighted by Gasteiger charge is -2.22. The molecule has 0 spiro atoms. The molecular formula is C14H23NO2. The molecule has 0 heterocycles. The molecule has 1 atom stereocenters. The highest BCUT2D eigenvalue weighted by Crippen LogP contribution is 2.12. The molecule has 96 valence electrons. The number of aliphatic hydroxyl groups is 1. The van der Waals surface area contributed by atoms with Gasteiger partial charge in [-0.15, -0.1) is 0 Å². The molecule has 1 rings (SSSR count). The van der Waals surface area contributed by atoms with Crippen LogP contribution in [-0.2, 0) is 0 Å². The summed E-state index contributed by atoms with van der Waals surface area (Å²) < 4.78 is 5.66. The van der Waals surface area contributed by atoms with Crippen molar-refractivity contribution in [3.63, 3.8) is 0 Å². The summed E-state index contributed by atoms with van der Waals surface area (Å²) in [6.45, 7) is 5.93. The molecule has 3 heteroatoms. The zero-order chi connectivity index (χ0) is 12.7. The molecule has 0 bridgehead atoms. The molecule has 0 aliphatic heterocycles. The zero-order valence-corrected chi connectivity index (χ0v) is 11.0. The zero-order valence-electron chi connectivity index (χ0n) is 11.0. The van der Waals surface area contributed by atoms with Crippen molar-refractivity contribution in [3.05, 3.63) is 29.8 Å². The molecule has 0 aliphatic rings. The van der Waals surface area contributed by atoms with Crippen molar-refractivity contribution in [2.24, 2.45) is 0 Å². The number of aryl methyl sites for hydroxylation is 1. The van der Waals surface area contributed by atoms with Gasteiger partial charge in [-0.1, -0.05) is 12.1 Å². The number of aliphatic hydroxyl groups excluding tert-OH is 1. The molecule has 1 N–H and O–H groups in total. The van der Waals surface area contributed by atoms with E-state index in [1.165, 1.54) is 5.56 Å². The highest BCUT2D eigenvalue weighted by Gasteiger charge is 2.06. The molecule has 0 amide bonds. The van der Waals surface area contributed by atoms with Crippen molar-refractivity contribution in [1.82, 2.24) is 4.90 Å². The van der Waals surface area contributed by atoms with Crippen LogP contribution in [0.5, 0.6) is 5.75 Å². The van der Waals surface area contributed by atoms with E-state index in [0.717, 1.165) is 18.7 Å². The van der Waals surface area contributed by atoms with Crippen molar-refractivity contribution < 1.29 is 9.84 Å². The maximum Gasteiger partial charge on any atom is 0.119 e. The van der Waals surface area contributed by atoms with Crippen LogP contribution >= 0.6 is 0 Å². The average Bonchev–Trinajstić information content (AvgIpc) is 2.33. The van der Waals surface area contributed by atoms with E-state index in [9.17, 15) is 0 Å². The van der Waals surface area contributed by atoms with Crippen molar-refractivity contribution in [2.45, 2.75) is 26.3 Å². The van der Waals surface area contributed by atoms with Gasteiger partial charge in [-0.05, 0) is 45.0 Å². The molecule has 0 saturated heterocycles. The third-order valence-electron chi connectivity index (χ3n) is 2.93. The topological polar surface area (TPSA) is 32.7 Å². The molecule has 1 unspecified atom stereocenters. The molecule has 0 aliphatic carbocycles. The predicted molar refractivity (Wildman–Crippen MR) is 70.5 cm³/mol. The van der Waals surface area contributed by atoms with Gasteiger partial charge in [0, 0.05) is 12.6 Å². The first-order chi connectivity index (χ1) is 8.13. The van der Waals surface area contributed by atoms with Crippen LogP contribution in [0.25, 0.3) is 0 Å². The van der Waals surface area contributed by atoms with Crippen LogP contribution in [0.15, 0.2) is 24.3 Å². The summed E-state index contributed by atoms with van der Waals surface area (Å²) >= 11 is 0. The molecule has 0 radical (unpaired) electrons. The summed E-state index contributed by atoms with van der Waals surface area (Å²) in [5.41, 5.74) is 1.22. The first kappa shape index (κ1) is 14.0. The normalized spacial score (nSPS) is 12.8. The molecule has 17 heavy (non-hydrogen) atoms. The van der Waals surface area contributed by atoms with Gasteiger partial charge in [0.05, 0.1) is 13.2 Å². The average molecular weight is 237 g/mol. The number of ether oxygens (including phenoxy) is 1. The Morgan fingerprint density at radius 1 is 1.41 bits per heavy atom. The van der Waals surface area contributed by atoms with Crippen LogP contribution in [0.2, 0.25) is 0 Å². The second kappa shape index (κ2) is 7.30. The first-order valence-electron chi connectivity index (χ1n) is 6.14. The van der Waals surface area contributed by atoms with E-state index in [2.05, 4.69) is 17.9 Å². The minimum atomic E-state index is 0.204. The summed E-state index contributed by atoms with van der Waals surface area (Å²) in [5, 5.41) is 9.00. The van der Waals surface area contributed by atoms with Crippen LogP contribution in [0.4, 0.5) is 0 Å². The second-order valence-electron chi connectivity index (χ2n) is 4.53. The first-order valence-corrected chi connectivity index (χ1v) is 6.14. The van der Waals surface area contributed by atoms with E-state index in [1.807, 2.05) is 32.2 Å². The Hall–Kier alpha value is -1.06. The van der Waals surface area contributed by atoms with Gasteiger partial charge in [0.25, 0.3) is 0 Å². The van der Waals surface area contributed by atoms with E-state index >= 15 is 0 Å². The van der Waals surface area contributed by atoms with Gasteiger partial charge in [-0.25, -0.2) is 0 Å². The highest BCUT2D eigenvalue weighted by molar-refractivity contribution is 5.27. The number of hydrogen-bond donors (Lipinski definition) is 1. The van der Waals surface area contributed by atoms with Crippen LogP contribution in [-0.4, -0.2) is 42.9 Å². The van der Waals surface area contributed by atoms with Gasteiger partial charge >= 0.3 is 0 Å². The number of rotatable bonds is 7. The van der Waals surface area contributed by atoms with Gasteiger partial charge in [0.2, 0.25) is 0 Å². The third kappa shape index (κ3) is 5.20. The predicted octanol–water partition coefficient (Wildman–Crippen LogP) is 2.08. The molecule has 0 fully saturated rings. The smallest absolute Gasteiger partial charge is 0.119 e. The fourth-order valence-corrected chi connectivity index (χ4v) is 1.57. The highest BCUT2D eigenvalue weighted by atomic mass is 16.5. The number of likely N-dealkylation sites (N-methyl/N-ethyl adjacent to an activating group) is 1. The Bertz CT molecular complexity index is 328. The Morgan fingerprint density at radius 2 is 2.18 bits per heavy atom. The quantitative estimate of drug-likeness (QED) is 0.737. The minimum absolute atomic E-state index is 0.204. The molecule has 0 aromatic heterocycles. The maximum atomic E-state index is 9.00. The second-order valence-corrected chi connectivity index (χ2v) is 4.53. The molecule has 1 aromatic carbocycles. The van der Waals surface area contributed by atoms with Crippen LogP contribution < -0.4 is 4.74 Å². The van der Waals surface area contributed by atoms with Gasteiger partial charge < -0.3 is 14.7 Å². The Morgan fingerprint density at radius 3 is 2.82 bits per heavy atom. The van der Waals surface area contributed by atoms with E-state index < -0.39 is 0 Å². The molecular weight excluding hydrogens is 214 g/mol. The van der Waals surface area contributed by atoms with Gasteiger partial charge in [-0.2, -0.15) is 0 Å². The fraction of sp³-hybridized carbons (Fsp3) is 0.571. The fourth-order valence-electron chi connectivity index (χ4n) is 1.57. The van der Waals surface area contributed by atoms with Crippen molar-refractivity contribution in [3.8, 4) is 5.75 Å². The molecule has 1 aromatic rings. The van der Waals surface area contributed by atoms with Gasteiger partial charge in [0.1, 0.15) is 5.75 Å². The van der Waals surface area contributed by atoms with Crippen LogP contribution in [0.3, 0.4) is 0 Å². The Balaban J connectivity index is 2.20. The van der Waals surface area contributed by atoms with Crippen LogP contribution in [0, 0.1) is 6.92 Å². The van der Waals surface area contributed by atoms with Crippen molar-refractivity contribution in [1.29, 1.82) is 0 Å². The van der Waals surface area contributed by atoms with E-state index in [1.54, 1.807) is 0 Å². The summed E-state index contributed by atoms with van der Waals surface area (Å²) in [5.74, 6) is 0.933. The summed E-state index contributed by atoms with van der Waals surface area (Å²) in [6.07, 6.45) is 0.967. The van der Waals surface area contributed by atoms with Crippen LogP contribution in [0.1, 0.15) is 18.9 Å². The van der Waals surface area contributed by atoms with Crippen molar-refractivity contribution in [2.75, 3.05) is 26.8 Å². The summed E-state index contributed by atoms with van der Waals surface area (Å²) in [7, 11) is 2.02. The minimum Gasteiger partial charge on any atom is -0.494 e. The lowest BCUT2D eigenvalue weighted by molar-refractivity contribution is 0.151.